The first kappa shape index (κ1) is 11.5. The van der Waals surface area contributed by atoms with Gasteiger partial charge in [-0.3, -0.25) is 0 Å². The van der Waals surface area contributed by atoms with Crippen LogP contribution in [0, 0.1) is 0 Å². The number of benzene rings is 1. The summed E-state index contributed by atoms with van der Waals surface area (Å²) in [5.74, 6) is 0. The van der Waals surface area contributed by atoms with E-state index in [0.717, 1.165) is 18.4 Å². The molecular formula is C14H12Cl2. The molecule has 1 aliphatic rings. The van der Waals surface area contributed by atoms with E-state index in [4.69, 9.17) is 23.2 Å². The van der Waals surface area contributed by atoms with Gasteiger partial charge < -0.3 is 0 Å². The maximum atomic E-state index is 5.87. The minimum absolute atomic E-state index is 0.841. The van der Waals surface area contributed by atoms with Crippen molar-refractivity contribution in [1.29, 1.82) is 0 Å². The van der Waals surface area contributed by atoms with Crippen LogP contribution in [0.4, 0.5) is 0 Å². The molecule has 0 unspecified atom stereocenters. The number of halogens is 2. The first-order valence-electron chi connectivity index (χ1n) is 5.18. The quantitative estimate of drug-likeness (QED) is 0.650. The predicted octanol–water partition coefficient (Wildman–Crippen LogP) is 5.11. The average Bonchev–Trinajstić information content (AvgIpc) is 2.39. The maximum absolute atomic E-state index is 5.87. The first-order chi connectivity index (χ1) is 7.85. The van der Waals surface area contributed by atoms with Crippen LogP contribution >= 0.6 is 23.2 Å². The molecule has 2 heteroatoms. The van der Waals surface area contributed by atoms with Gasteiger partial charge in [0.25, 0.3) is 0 Å². The SMILES string of the molecule is ClC=C1CC=C(c2ccccc2)C(=CCl)C1. The molecule has 0 heterocycles. The molecule has 2 rings (SSSR count). The molecule has 0 saturated heterocycles. The van der Waals surface area contributed by atoms with Crippen molar-refractivity contribution >= 4 is 28.8 Å². The third-order valence-electron chi connectivity index (χ3n) is 2.70. The van der Waals surface area contributed by atoms with Crippen LogP contribution in [0.2, 0.25) is 0 Å². The van der Waals surface area contributed by atoms with Gasteiger partial charge in [-0.05, 0) is 29.6 Å². The molecule has 1 aromatic carbocycles. The van der Waals surface area contributed by atoms with E-state index >= 15 is 0 Å². The topological polar surface area (TPSA) is 0 Å². The van der Waals surface area contributed by atoms with Crippen molar-refractivity contribution in [1.82, 2.24) is 0 Å². The lowest BCUT2D eigenvalue weighted by atomic mass is 9.87. The zero-order valence-corrected chi connectivity index (χ0v) is 10.3. The summed E-state index contributed by atoms with van der Waals surface area (Å²) in [4.78, 5) is 0. The standard InChI is InChI=1S/C14H12Cl2/c15-9-11-6-7-14(13(8-11)10-16)12-4-2-1-3-5-12/h1-5,7,9-10H,6,8H2. The van der Waals surface area contributed by atoms with Gasteiger partial charge in [0.1, 0.15) is 0 Å². The summed E-state index contributed by atoms with van der Waals surface area (Å²) >= 11 is 11.6. The molecule has 0 aromatic heterocycles. The third kappa shape index (κ3) is 2.40. The van der Waals surface area contributed by atoms with E-state index < -0.39 is 0 Å². The zero-order chi connectivity index (χ0) is 11.4. The van der Waals surface area contributed by atoms with Gasteiger partial charge >= 0.3 is 0 Å². The van der Waals surface area contributed by atoms with Crippen molar-refractivity contribution in [3.05, 3.63) is 64.2 Å². The van der Waals surface area contributed by atoms with Crippen LogP contribution < -0.4 is 0 Å². The number of hydrogen-bond acceptors (Lipinski definition) is 0. The fraction of sp³-hybridized carbons (Fsp3) is 0.143. The lowest BCUT2D eigenvalue weighted by Crippen LogP contribution is -1.98. The molecule has 0 radical (unpaired) electrons. The molecule has 0 nitrogen and oxygen atoms in total. The Morgan fingerprint density at radius 2 is 1.75 bits per heavy atom. The molecule has 0 atom stereocenters. The highest BCUT2D eigenvalue weighted by molar-refractivity contribution is 6.27. The van der Waals surface area contributed by atoms with E-state index in [1.807, 2.05) is 18.2 Å². The fourth-order valence-corrected chi connectivity index (χ4v) is 2.24. The van der Waals surface area contributed by atoms with Crippen molar-refractivity contribution in [3.63, 3.8) is 0 Å². The molecular weight excluding hydrogens is 239 g/mol. The fourth-order valence-electron chi connectivity index (χ4n) is 1.88. The van der Waals surface area contributed by atoms with Crippen molar-refractivity contribution < 1.29 is 0 Å². The zero-order valence-electron chi connectivity index (χ0n) is 8.79. The smallest absolute Gasteiger partial charge is 0.00839 e. The van der Waals surface area contributed by atoms with Crippen LogP contribution in [-0.4, -0.2) is 0 Å². The molecule has 1 aromatic rings. The summed E-state index contributed by atoms with van der Waals surface area (Å²) in [5.41, 5.74) is 8.07. The minimum atomic E-state index is 0.841. The average molecular weight is 251 g/mol. The Morgan fingerprint density at radius 3 is 2.38 bits per heavy atom. The molecule has 0 N–H and O–H groups in total. The van der Waals surface area contributed by atoms with Crippen LogP contribution in [0.15, 0.2) is 58.6 Å². The van der Waals surface area contributed by atoms with Gasteiger partial charge in [0.15, 0.2) is 0 Å². The Morgan fingerprint density at radius 1 is 1.00 bits per heavy atom. The molecule has 16 heavy (non-hydrogen) atoms. The maximum Gasteiger partial charge on any atom is 0.00839 e. The Bertz CT molecular complexity index is 453. The highest BCUT2D eigenvalue weighted by atomic mass is 35.5. The van der Waals surface area contributed by atoms with Gasteiger partial charge in [-0.25, -0.2) is 0 Å². The predicted molar refractivity (Wildman–Crippen MR) is 71.5 cm³/mol. The van der Waals surface area contributed by atoms with Gasteiger partial charge in [0.2, 0.25) is 0 Å². The van der Waals surface area contributed by atoms with Crippen LogP contribution in [0.3, 0.4) is 0 Å². The summed E-state index contributed by atoms with van der Waals surface area (Å²) in [5, 5.41) is 0. The minimum Gasteiger partial charge on any atom is -0.0930 e. The third-order valence-corrected chi connectivity index (χ3v) is 3.27. The highest BCUT2D eigenvalue weighted by Crippen LogP contribution is 2.35. The van der Waals surface area contributed by atoms with Crippen molar-refractivity contribution in [3.8, 4) is 0 Å². The Balaban J connectivity index is 2.38. The van der Waals surface area contributed by atoms with Crippen LogP contribution in [0.1, 0.15) is 18.4 Å². The van der Waals surface area contributed by atoms with Gasteiger partial charge in [0, 0.05) is 11.1 Å². The highest BCUT2D eigenvalue weighted by Gasteiger charge is 2.14. The van der Waals surface area contributed by atoms with E-state index in [1.165, 1.54) is 16.7 Å². The Kier molecular flexibility index (Phi) is 3.87. The molecule has 1 aliphatic carbocycles. The van der Waals surface area contributed by atoms with E-state index in [9.17, 15) is 0 Å². The molecule has 0 fully saturated rings. The van der Waals surface area contributed by atoms with Crippen LogP contribution in [-0.2, 0) is 0 Å². The molecule has 0 aliphatic heterocycles. The lowest BCUT2D eigenvalue weighted by Gasteiger charge is -2.18. The summed E-state index contributed by atoms with van der Waals surface area (Å²) in [6, 6.07) is 10.3. The van der Waals surface area contributed by atoms with E-state index in [1.54, 1.807) is 11.1 Å². The summed E-state index contributed by atoms with van der Waals surface area (Å²) < 4.78 is 0. The normalized spacial score (nSPS) is 21.2. The summed E-state index contributed by atoms with van der Waals surface area (Å²) in [6.07, 6.45) is 3.93. The van der Waals surface area contributed by atoms with Crippen LogP contribution in [0.25, 0.3) is 5.57 Å². The van der Waals surface area contributed by atoms with Crippen molar-refractivity contribution in [2.24, 2.45) is 0 Å². The summed E-state index contributed by atoms with van der Waals surface area (Å²) in [7, 11) is 0. The summed E-state index contributed by atoms with van der Waals surface area (Å²) in [6.45, 7) is 0. The molecule has 0 saturated carbocycles. The molecule has 0 spiro atoms. The second-order valence-electron chi connectivity index (χ2n) is 3.77. The van der Waals surface area contributed by atoms with E-state index in [-0.39, 0.29) is 0 Å². The monoisotopic (exact) mass is 250 g/mol. The van der Waals surface area contributed by atoms with Gasteiger partial charge in [0.05, 0.1) is 0 Å². The second kappa shape index (κ2) is 5.38. The molecule has 0 bridgehead atoms. The number of hydrogen-bond donors (Lipinski definition) is 0. The number of allylic oxidation sites excluding steroid dienone is 4. The van der Waals surface area contributed by atoms with E-state index in [2.05, 4.69) is 18.2 Å². The van der Waals surface area contributed by atoms with E-state index in [0.29, 0.717) is 0 Å². The second-order valence-corrected chi connectivity index (χ2v) is 4.20. The Hall–Kier alpha value is -0.980. The van der Waals surface area contributed by atoms with Crippen molar-refractivity contribution in [2.45, 2.75) is 12.8 Å². The van der Waals surface area contributed by atoms with Crippen molar-refractivity contribution in [2.75, 3.05) is 0 Å². The molecule has 0 amide bonds. The lowest BCUT2D eigenvalue weighted by molar-refractivity contribution is 1.05. The van der Waals surface area contributed by atoms with Gasteiger partial charge in [-0.1, -0.05) is 65.2 Å². The van der Waals surface area contributed by atoms with Gasteiger partial charge in [-0.15, -0.1) is 0 Å². The number of rotatable bonds is 1. The molecule has 82 valence electrons. The van der Waals surface area contributed by atoms with Crippen LogP contribution in [0.5, 0.6) is 0 Å². The Labute approximate surface area is 106 Å². The van der Waals surface area contributed by atoms with Gasteiger partial charge in [-0.2, -0.15) is 0 Å². The first-order valence-corrected chi connectivity index (χ1v) is 6.05. The largest absolute Gasteiger partial charge is 0.0930 e.